The largest absolute Gasteiger partial charge is 0.478 e. The van der Waals surface area contributed by atoms with Crippen LogP contribution in [-0.4, -0.2) is 22.2 Å². The number of rotatable bonds is 3. The first-order valence-electron chi connectivity index (χ1n) is 8.25. The van der Waals surface area contributed by atoms with E-state index in [1.54, 1.807) is 43.3 Å². The van der Waals surface area contributed by atoms with E-state index >= 15 is 0 Å². The molecule has 4 nitrogen and oxygen atoms in total. The number of hydrogen-bond donors (Lipinski definition) is 2. The van der Waals surface area contributed by atoms with E-state index in [1.165, 1.54) is 0 Å². The van der Waals surface area contributed by atoms with Crippen LogP contribution in [0.15, 0.2) is 103 Å². The summed E-state index contributed by atoms with van der Waals surface area (Å²) < 4.78 is 0. The molecule has 0 radical (unpaired) electrons. The van der Waals surface area contributed by atoms with Crippen LogP contribution in [0.2, 0.25) is 0 Å². The standard InChI is InChI=1S/C10H10O2.C7H6O2.C6H6/c1-8(10(11)12)7-9-5-3-2-4-6-9;8-7(9)6-4-2-1-3-5-6;1-2-4-6-5-3-1/h2-7H,1H3,(H,11,12);1-5H,(H,8,9);1-6H. The first-order chi connectivity index (χ1) is 13.0. The van der Waals surface area contributed by atoms with Crippen LogP contribution in [0, 0.1) is 0 Å². The highest BCUT2D eigenvalue weighted by atomic mass is 16.4. The van der Waals surface area contributed by atoms with Crippen LogP contribution in [0.1, 0.15) is 22.8 Å². The van der Waals surface area contributed by atoms with Crippen molar-refractivity contribution in [2.24, 2.45) is 0 Å². The highest BCUT2D eigenvalue weighted by Gasteiger charge is 1.98. The second-order valence-electron chi connectivity index (χ2n) is 5.37. The fourth-order valence-electron chi connectivity index (χ4n) is 1.83. The van der Waals surface area contributed by atoms with E-state index in [-0.39, 0.29) is 0 Å². The number of hydrogen-bond acceptors (Lipinski definition) is 2. The molecule has 3 aromatic rings. The quantitative estimate of drug-likeness (QED) is 0.624. The van der Waals surface area contributed by atoms with E-state index in [9.17, 15) is 9.59 Å². The van der Waals surface area contributed by atoms with Gasteiger partial charge in [0.25, 0.3) is 0 Å². The maximum absolute atomic E-state index is 10.4. The molecule has 0 bridgehead atoms. The van der Waals surface area contributed by atoms with E-state index < -0.39 is 11.9 Å². The highest BCUT2D eigenvalue weighted by molar-refractivity contribution is 5.91. The first-order valence-corrected chi connectivity index (χ1v) is 8.25. The van der Waals surface area contributed by atoms with Crippen LogP contribution in [0.25, 0.3) is 6.08 Å². The molecule has 0 aromatic heterocycles. The van der Waals surface area contributed by atoms with E-state index in [0.717, 1.165) is 5.56 Å². The topological polar surface area (TPSA) is 74.6 Å². The van der Waals surface area contributed by atoms with Gasteiger partial charge in [0.05, 0.1) is 5.56 Å². The lowest BCUT2D eigenvalue weighted by Crippen LogP contribution is -1.95. The monoisotopic (exact) mass is 362 g/mol. The fraction of sp³-hybridized carbons (Fsp3) is 0.0435. The molecule has 0 heterocycles. The summed E-state index contributed by atoms with van der Waals surface area (Å²) in [6.07, 6.45) is 1.64. The third kappa shape index (κ3) is 10.0. The summed E-state index contributed by atoms with van der Waals surface area (Å²) in [6.45, 7) is 1.58. The molecule has 0 saturated heterocycles. The van der Waals surface area contributed by atoms with Gasteiger partial charge in [-0.25, -0.2) is 9.59 Å². The SMILES string of the molecule is CC(=Cc1ccccc1)C(=O)O.O=C(O)c1ccccc1.c1ccccc1. The summed E-state index contributed by atoms with van der Waals surface area (Å²) in [5.41, 5.74) is 1.59. The molecule has 0 aliphatic carbocycles. The van der Waals surface area contributed by atoms with Gasteiger partial charge in [-0.05, 0) is 30.7 Å². The van der Waals surface area contributed by atoms with Gasteiger partial charge in [-0.2, -0.15) is 0 Å². The Morgan fingerprint density at radius 2 is 1.04 bits per heavy atom. The zero-order valence-corrected chi connectivity index (χ0v) is 15.0. The lowest BCUT2D eigenvalue weighted by Gasteiger charge is -1.93. The molecular weight excluding hydrogens is 340 g/mol. The Bertz CT molecular complexity index is 799. The zero-order valence-electron chi connectivity index (χ0n) is 15.0. The second-order valence-corrected chi connectivity index (χ2v) is 5.37. The van der Waals surface area contributed by atoms with Gasteiger partial charge in [0.2, 0.25) is 0 Å². The Kier molecular flexibility index (Phi) is 10.0. The predicted octanol–water partition coefficient (Wildman–Crippen LogP) is 5.25. The Labute approximate surface area is 159 Å². The van der Waals surface area contributed by atoms with Gasteiger partial charge in [-0.15, -0.1) is 0 Å². The van der Waals surface area contributed by atoms with Crippen LogP contribution in [-0.2, 0) is 4.79 Å². The van der Waals surface area contributed by atoms with Crippen molar-refractivity contribution in [2.45, 2.75) is 6.92 Å². The molecule has 3 aromatic carbocycles. The van der Waals surface area contributed by atoms with Crippen molar-refractivity contribution in [3.05, 3.63) is 114 Å². The maximum Gasteiger partial charge on any atom is 0.335 e. The Balaban J connectivity index is 0.000000214. The van der Waals surface area contributed by atoms with E-state index in [2.05, 4.69) is 0 Å². The minimum Gasteiger partial charge on any atom is -0.478 e. The first kappa shape index (κ1) is 21.4. The summed E-state index contributed by atoms with van der Waals surface area (Å²) in [5, 5.41) is 17.0. The molecule has 0 aliphatic rings. The lowest BCUT2D eigenvalue weighted by molar-refractivity contribution is -0.132. The third-order valence-corrected chi connectivity index (χ3v) is 3.21. The van der Waals surface area contributed by atoms with Gasteiger partial charge >= 0.3 is 11.9 Å². The van der Waals surface area contributed by atoms with Gasteiger partial charge in [0.15, 0.2) is 0 Å². The Morgan fingerprint density at radius 3 is 1.37 bits per heavy atom. The van der Waals surface area contributed by atoms with Crippen molar-refractivity contribution in [2.75, 3.05) is 0 Å². The maximum atomic E-state index is 10.4. The number of carboxylic acid groups (broad SMARTS) is 2. The molecule has 4 heteroatoms. The summed E-state index contributed by atoms with van der Waals surface area (Å²) in [6, 6.07) is 29.7. The molecule has 0 fully saturated rings. The molecule has 138 valence electrons. The Hall–Kier alpha value is -3.66. The molecule has 0 amide bonds. The van der Waals surface area contributed by atoms with Gasteiger partial charge in [-0.1, -0.05) is 84.9 Å². The Morgan fingerprint density at radius 1 is 0.667 bits per heavy atom. The number of aromatic carboxylic acids is 1. The highest BCUT2D eigenvalue weighted by Crippen LogP contribution is 2.05. The summed E-state index contributed by atoms with van der Waals surface area (Å²) >= 11 is 0. The van der Waals surface area contributed by atoms with Crippen LogP contribution in [0.4, 0.5) is 0 Å². The van der Waals surface area contributed by atoms with Gasteiger partial charge in [0, 0.05) is 5.57 Å². The van der Waals surface area contributed by atoms with Crippen LogP contribution >= 0.6 is 0 Å². The second kappa shape index (κ2) is 12.7. The molecule has 0 saturated carbocycles. The molecule has 0 aliphatic heterocycles. The lowest BCUT2D eigenvalue weighted by atomic mass is 10.1. The normalized spacial score (nSPS) is 9.74. The van der Waals surface area contributed by atoms with Crippen molar-refractivity contribution < 1.29 is 19.8 Å². The van der Waals surface area contributed by atoms with E-state index in [0.29, 0.717) is 11.1 Å². The number of carbonyl (C=O) groups is 2. The molecule has 0 atom stereocenters. The van der Waals surface area contributed by atoms with Crippen molar-refractivity contribution in [1.29, 1.82) is 0 Å². The fourth-order valence-corrected chi connectivity index (χ4v) is 1.83. The van der Waals surface area contributed by atoms with Gasteiger partial charge in [0.1, 0.15) is 0 Å². The van der Waals surface area contributed by atoms with E-state index in [1.807, 2.05) is 66.7 Å². The number of carboxylic acids is 2. The summed E-state index contributed by atoms with van der Waals surface area (Å²) in [7, 11) is 0. The molecule has 0 spiro atoms. The minimum absolute atomic E-state index is 0.331. The molecule has 0 unspecified atom stereocenters. The van der Waals surface area contributed by atoms with Crippen LogP contribution in [0.5, 0.6) is 0 Å². The third-order valence-electron chi connectivity index (χ3n) is 3.21. The van der Waals surface area contributed by atoms with Crippen LogP contribution < -0.4 is 0 Å². The van der Waals surface area contributed by atoms with Crippen LogP contribution in [0.3, 0.4) is 0 Å². The minimum atomic E-state index is -0.879. The number of benzene rings is 3. The van der Waals surface area contributed by atoms with Crippen molar-refractivity contribution in [3.63, 3.8) is 0 Å². The molecule has 2 N–H and O–H groups in total. The zero-order chi connectivity index (χ0) is 19.9. The predicted molar refractivity (Wildman–Crippen MR) is 108 cm³/mol. The average Bonchev–Trinajstić information content (AvgIpc) is 2.71. The average molecular weight is 362 g/mol. The van der Waals surface area contributed by atoms with E-state index in [4.69, 9.17) is 10.2 Å². The van der Waals surface area contributed by atoms with Crippen molar-refractivity contribution in [3.8, 4) is 0 Å². The van der Waals surface area contributed by atoms with Gasteiger partial charge < -0.3 is 10.2 Å². The smallest absolute Gasteiger partial charge is 0.335 e. The molecular formula is C23H22O4. The van der Waals surface area contributed by atoms with Gasteiger partial charge in [-0.3, -0.25) is 0 Å². The molecule has 27 heavy (non-hydrogen) atoms. The summed E-state index contributed by atoms with van der Waals surface area (Å²) in [5.74, 6) is -1.76. The van der Waals surface area contributed by atoms with Crippen molar-refractivity contribution in [1.82, 2.24) is 0 Å². The van der Waals surface area contributed by atoms with Crippen molar-refractivity contribution >= 4 is 18.0 Å². The number of aliphatic carboxylic acids is 1. The molecule has 3 rings (SSSR count). The summed E-state index contributed by atoms with van der Waals surface area (Å²) in [4.78, 5) is 20.6.